The first-order valence-corrected chi connectivity index (χ1v) is 9.32. The monoisotopic (exact) mass is 397 g/mol. The van der Waals surface area contributed by atoms with Crippen LogP contribution in [-0.4, -0.2) is 21.4 Å². The molecule has 1 heterocycles. The SMILES string of the molecule is C/C(=N/NC(=O)c1nn(-c2ccccc2)c(=O)c2ccccc12)c1cccc(N)c1. The lowest BCUT2D eigenvalue weighted by atomic mass is 10.1. The molecule has 7 heteroatoms. The third-order valence-electron chi connectivity index (χ3n) is 4.65. The van der Waals surface area contributed by atoms with Gasteiger partial charge in [-0.05, 0) is 42.8 Å². The molecule has 7 nitrogen and oxygen atoms in total. The highest BCUT2D eigenvalue weighted by Crippen LogP contribution is 2.15. The van der Waals surface area contributed by atoms with Gasteiger partial charge >= 0.3 is 0 Å². The van der Waals surface area contributed by atoms with Crippen LogP contribution in [0, 0.1) is 0 Å². The summed E-state index contributed by atoms with van der Waals surface area (Å²) in [5, 5.41) is 9.38. The number of aromatic nitrogens is 2. The maximum absolute atomic E-state index is 12.9. The number of carbonyl (C=O) groups excluding carboxylic acids is 1. The predicted octanol–water partition coefficient (Wildman–Crippen LogP) is 3.12. The number of nitrogens with one attached hydrogen (secondary N) is 1. The molecule has 1 aromatic heterocycles. The number of nitrogen functional groups attached to an aromatic ring is 1. The summed E-state index contributed by atoms with van der Waals surface area (Å²) in [7, 11) is 0. The van der Waals surface area contributed by atoms with Gasteiger partial charge in [-0.3, -0.25) is 9.59 Å². The van der Waals surface area contributed by atoms with Crippen molar-refractivity contribution in [2.75, 3.05) is 5.73 Å². The van der Waals surface area contributed by atoms with E-state index in [4.69, 9.17) is 5.73 Å². The van der Waals surface area contributed by atoms with Crippen molar-refractivity contribution in [1.29, 1.82) is 0 Å². The molecule has 4 aromatic rings. The van der Waals surface area contributed by atoms with Crippen molar-refractivity contribution >= 4 is 28.1 Å². The third-order valence-corrected chi connectivity index (χ3v) is 4.65. The van der Waals surface area contributed by atoms with Crippen molar-refractivity contribution in [3.63, 3.8) is 0 Å². The number of nitrogens with two attached hydrogens (primary N) is 1. The molecule has 0 aliphatic carbocycles. The van der Waals surface area contributed by atoms with E-state index in [2.05, 4.69) is 15.6 Å². The number of para-hydroxylation sites is 1. The lowest BCUT2D eigenvalue weighted by molar-refractivity contribution is 0.0950. The fraction of sp³-hybridized carbons (Fsp3) is 0.0435. The molecule has 4 rings (SSSR count). The number of hydrazone groups is 1. The molecule has 1 amide bonds. The molecule has 0 radical (unpaired) electrons. The summed E-state index contributed by atoms with van der Waals surface area (Å²) in [6.45, 7) is 1.77. The van der Waals surface area contributed by atoms with Gasteiger partial charge in [0, 0.05) is 11.1 Å². The fourth-order valence-corrected chi connectivity index (χ4v) is 3.12. The average molecular weight is 397 g/mol. The van der Waals surface area contributed by atoms with Crippen molar-refractivity contribution < 1.29 is 4.79 Å². The Morgan fingerprint density at radius 3 is 2.40 bits per heavy atom. The van der Waals surface area contributed by atoms with E-state index < -0.39 is 5.91 Å². The highest BCUT2D eigenvalue weighted by molar-refractivity contribution is 6.06. The second-order valence-electron chi connectivity index (χ2n) is 6.71. The number of carbonyl (C=O) groups is 1. The fourth-order valence-electron chi connectivity index (χ4n) is 3.12. The quantitative estimate of drug-likeness (QED) is 0.314. The number of hydrogen-bond acceptors (Lipinski definition) is 5. The van der Waals surface area contributed by atoms with Gasteiger partial charge < -0.3 is 5.73 Å². The predicted molar refractivity (Wildman–Crippen MR) is 118 cm³/mol. The standard InChI is InChI=1S/C23H19N5O2/c1-15(16-8-7-9-17(24)14-16)25-26-22(29)21-19-12-5-6-13-20(19)23(30)28(27-21)18-10-3-2-4-11-18/h2-14H,24H2,1H3,(H,26,29)/b25-15-. The van der Waals surface area contributed by atoms with E-state index in [1.165, 1.54) is 4.68 Å². The number of amides is 1. The van der Waals surface area contributed by atoms with Gasteiger partial charge in [-0.15, -0.1) is 0 Å². The summed E-state index contributed by atoms with van der Waals surface area (Å²) >= 11 is 0. The molecular formula is C23H19N5O2. The van der Waals surface area contributed by atoms with Gasteiger partial charge in [-0.2, -0.15) is 14.9 Å². The number of benzene rings is 3. The molecule has 3 N–H and O–H groups in total. The van der Waals surface area contributed by atoms with Gasteiger partial charge in [0.05, 0.1) is 16.8 Å². The third kappa shape index (κ3) is 3.68. The highest BCUT2D eigenvalue weighted by Gasteiger charge is 2.17. The van der Waals surface area contributed by atoms with Crippen LogP contribution < -0.4 is 16.7 Å². The Bertz CT molecular complexity index is 1330. The molecular weight excluding hydrogens is 378 g/mol. The van der Waals surface area contributed by atoms with Crippen LogP contribution >= 0.6 is 0 Å². The van der Waals surface area contributed by atoms with Gasteiger partial charge in [-0.25, -0.2) is 5.43 Å². The second kappa shape index (κ2) is 8.00. The molecule has 0 bridgehead atoms. The van der Waals surface area contributed by atoms with Gasteiger partial charge in [0.15, 0.2) is 5.69 Å². The molecule has 0 aliphatic heterocycles. The molecule has 0 spiro atoms. The molecule has 148 valence electrons. The zero-order valence-electron chi connectivity index (χ0n) is 16.2. The van der Waals surface area contributed by atoms with Crippen molar-refractivity contribution in [3.05, 3.63) is 100 Å². The lowest BCUT2D eigenvalue weighted by Gasteiger charge is -2.10. The minimum atomic E-state index is -0.515. The van der Waals surface area contributed by atoms with Crippen molar-refractivity contribution in [1.82, 2.24) is 15.2 Å². The van der Waals surface area contributed by atoms with Crippen LogP contribution in [0.5, 0.6) is 0 Å². The summed E-state index contributed by atoms with van der Waals surface area (Å²) in [5.74, 6) is -0.515. The van der Waals surface area contributed by atoms with Crippen LogP contribution in [-0.2, 0) is 0 Å². The van der Waals surface area contributed by atoms with Crippen molar-refractivity contribution in [2.45, 2.75) is 6.92 Å². The van der Waals surface area contributed by atoms with Crippen LogP contribution in [0.1, 0.15) is 23.0 Å². The summed E-state index contributed by atoms with van der Waals surface area (Å²) in [5.41, 5.74) is 10.7. The molecule has 0 saturated heterocycles. The van der Waals surface area contributed by atoms with Crippen LogP contribution in [0.3, 0.4) is 0 Å². The Balaban J connectivity index is 1.76. The van der Waals surface area contributed by atoms with Crippen molar-refractivity contribution in [2.24, 2.45) is 5.10 Å². The Morgan fingerprint density at radius 1 is 0.967 bits per heavy atom. The minimum absolute atomic E-state index is 0.109. The molecule has 0 aliphatic rings. The maximum Gasteiger partial charge on any atom is 0.292 e. The van der Waals surface area contributed by atoms with E-state index in [0.717, 1.165) is 5.56 Å². The molecule has 0 fully saturated rings. The number of nitrogens with zero attached hydrogens (tertiary/aromatic N) is 3. The highest BCUT2D eigenvalue weighted by atomic mass is 16.2. The molecule has 0 unspecified atom stereocenters. The molecule has 0 atom stereocenters. The first-order chi connectivity index (χ1) is 14.5. The van der Waals surface area contributed by atoms with Crippen molar-refractivity contribution in [3.8, 4) is 5.69 Å². The summed E-state index contributed by atoms with van der Waals surface area (Å²) < 4.78 is 1.23. The van der Waals surface area contributed by atoms with E-state index in [1.807, 2.05) is 18.2 Å². The molecule has 3 aromatic carbocycles. The van der Waals surface area contributed by atoms with E-state index in [0.29, 0.717) is 27.9 Å². The van der Waals surface area contributed by atoms with Gasteiger partial charge in [0.2, 0.25) is 0 Å². The van der Waals surface area contributed by atoms with E-state index in [9.17, 15) is 9.59 Å². The van der Waals surface area contributed by atoms with Gasteiger partial charge in [0.1, 0.15) is 0 Å². The zero-order chi connectivity index (χ0) is 21.1. The maximum atomic E-state index is 12.9. The largest absolute Gasteiger partial charge is 0.399 e. The Morgan fingerprint density at radius 2 is 1.67 bits per heavy atom. The van der Waals surface area contributed by atoms with Gasteiger partial charge in [-0.1, -0.05) is 48.5 Å². The van der Waals surface area contributed by atoms with E-state index in [1.54, 1.807) is 67.6 Å². The lowest BCUT2D eigenvalue weighted by Crippen LogP contribution is -2.28. The van der Waals surface area contributed by atoms with E-state index >= 15 is 0 Å². The summed E-state index contributed by atoms with van der Waals surface area (Å²) in [6.07, 6.45) is 0. The van der Waals surface area contributed by atoms with Crippen LogP contribution in [0.4, 0.5) is 5.69 Å². The van der Waals surface area contributed by atoms with E-state index in [-0.39, 0.29) is 11.3 Å². The van der Waals surface area contributed by atoms with Crippen LogP contribution in [0.25, 0.3) is 16.5 Å². The average Bonchev–Trinajstić information content (AvgIpc) is 2.78. The number of hydrogen-bond donors (Lipinski definition) is 2. The Hall–Kier alpha value is -4.26. The smallest absolute Gasteiger partial charge is 0.292 e. The van der Waals surface area contributed by atoms with Gasteiger partial charge in [0.25, 0.3) is 11.5 Å². The second-order valence-corrected chi connectivity index (χ2v) is 6.71. The summed E-state index contributed by atoms with van der Waals surface area (Å²) in [4.78, 5) is 25.9. The Kier molecular flexibility index (Phi) is 5.09. The number of rotatable bonds is 4. The number of anilines is 1. The Labute approximate surface area is 172 Å². The van der Waals surface area contributed by atoms with Crippen LogP contribution in [0.2, 0.25) is 0 Å². The minimum Gasteiger partial charge on any atom is -0.399 e. The topological polar surface area (TPSA) is 102 Å². The zero-order valence-corrected chi connectivity index (χ0v) is 16.2. The summed E-state index contributed by atoms with van der Waals surface area (Å²) in [6, 6.07) is 23.1. The molecule has 0 saturated carbocycles. The normalized spacial score (nSPS) is 11.4. The molecule has 30 heavy (non-hydrogen) atoms. The first kappa shape index (κ1) is 19.1. The van der Waals surface area contributed by atoms with Crippen LogP contribution in [0.15, 0.2) is 88.8 Å². The first-order valence-electron chi connectivity index (χ1n) is 9.32. The number of fused-ring (bicyclic) bond motifs is 1.